The Labute approximate surface area is 197 Å². The molecule has 1 aliphatic rings. The molecule has 1 N–H and O–H groups in total. The predicted octanol–water partition coefficient (Wildman–Crippen LogP) is 5.23. The zero-order chi connectivity index (χ0) is 22.7. The van der Waals surface area contributed by atoms with Gasteiger partial charge in [-0.1, -0.05) is 23.7 Å². The van der Waals surface area contributed by atoms with Gasteiger partial charge in [-0.25, -0.2) is 0 Å². The molecule has 2 atom stereocenters. The first-order valence-electron chi connectivity index (χ1n) is 10.4. The molecule has 1 saturated heterocycles. The van der Waals surface area contributed by atoms with E-state index in [0.717, 1.165) is 28.3 Å². The van der Waals surface area contributed by atoms with Crippen molar-refractivity contribution in [3.05, 3.63) is 76.8 Å². The second kappa shape index (κ2) is 9.71. The van der Waals surface area contributed by atoms with Crippen LogP contribution in [0.4, 0.5) is 0 Å². The standard InChI is InChI=1S/C24H24ClN3O3S/c1-15-8-9-16(25)14-17(15)19-10-11-20(31-19)23-22(18-6-3-4-12-26-18)27-24(32)28(23)13-5-7-21(29)30-2/h3-4,6,8-12,14,22-23H,5,7,13H2,1-2H3,(H,27,32)/t22-,23+/m0/s1. The lowest BCUT2D eigenvalue weighted by molar-refractivity contribution is -0.140. The van der Waals surface area contributed by atoms with E-state index in [0.29, 0.717) is 29.5 Å². The van der Waals surface area contributed by atoms with Crippen molar-refractivity contribution in [2.45, 2.75) is 31.8 Å². The molecule has 8 heteroatoms. The van der Waals surface area contributed by atoms with Crippen LogP contribution in [0.5, 0.6) is 0 Å². The third-order valence-electron chi connectivity index (χ3n) is 5.59. The highest BCUT2D eigenvalue weighted by Crippen LogP contribution is 2.41. The summed E-state index contributed by atoms with van der Waals surface area (Å²) in [5.74, 6) is 1.27. The number of rotatable bonds is 7. The number of benzene rings is 1. The highest BCUT2D eigenvalue weighted by molar-refractivity contribution is 7.80. The molecule has 0 spiro atoms. The van der Waals surface area contributed by atoms with Crippen molar-refractivity contribution in [3.63, 3.8) is 0 Å². The maximum atomic E-state index is 11.6. The summed E-state index contributed by atoms with van der Waals surface area (Å²) in [7, 11) is 1.40. The normalized spacial score (nSPS) is 18.0. The fraction of sp³-hybridized carbons (Fsp3) is 0.292. The number of hydrogen-bond donors (Lipinski definition) is 1. The van der Waals surface area contributed by atoms with Gasteiger partial charge in [0.1, 0.15) is 17.6 Å². The summed E-state index contributed by atoms with van der Waals surface area (Å²) < 4.78 is 11.1. The number of esters is 1. The van der Waals surface area contributed by atoms with Crippen molar-refractivity contribution in [1.82, 2.24) is 15.2 Å². The first kappa shape index (κ1) is 22.3. The number of thiocarbonyl (C=S) groups is 1. The molecule has 0 bridgehead atoms. The van der Waals surface area contributed by atoms with Crippen LogP contribution < -0.4 is 5.32 Å². The summed E-state index contributed by atoms with van der Waals surface area (Å²) in [6, 6.07) is 15.1. The van der Waals surface area contributed by atoms with Gasteiger partial charge in [-0.05, 0) is 67.5 Å². The van der Waals surface area contributed by atoms with Crippen LogP contribution in [0.25, 0.3) is 11.3 Å². The number of nitrogens with zero attached hydrogens (tertiary/aromatic N) is 2. The molecule has 2 aromatic heterocycles. The Morgan fingerprint density at radius 2 is 2.12 bits per heavy atom. The van der Waals surface area contributed by atoms with Crippen molar-refractivity contribution in [1.29, 1.82) is 0 Å². The Bertz CT molecular complexity index is 1120. The van der Waals surface area contributed by atoms with Crippen LogP contribution in [0.2, 0.25) is 5.02 Å². The number of aryl methyl sites for hydroxylation is 1. The van der Waals surface area contributed by atoms with Gasteiger partial charge in [0, 0.05) is 29.7 Å². The maximum absolute atomic E-state index is 11.6. The van der Waals surface area contributed by atoms with E-state index < -0.39 is 0 Å². The molecule has 1 fully saturated rings. The van der Waals surface area contributed by atoms with Gasteiger partial charge in [0.05, 0.1) is 18.8 Å². The van der Waals surface area contributed by atoms with Gasteiger partial charge in [0.25, 0.3) is 0 Å². The van der Waals surface area contributed by atoms with E-state index in [9.17, 15) is 4.79 Å². The minimum absolute atomic E-state index is 0.179. The van der Waals surface area contributed by atoms with Crippen molar-refractivity contribution >= 4 is 34.9 Å². The Morgan fingerprint density at radius 1 is 1.28 bits per heavy atom. The molecule has 0 unspecified atom stereocenters. The average Bonchev–Trinajstić information content (AvgIpc) is 3.40. The molecule has 0 amide bonds. The monoisotopic (exact) mass is 469 g/mol. The number of pyridine rings is 1. The second-order valence-electron chi connectivity index (χ2n) is 7.66. The smallest absolute Gasteiger partial charge is 0.305 e. The van der Waals surface area contributed by atoms with E-state index in [-0.39, 0.29) is 18.1 Å². The van der Waals surface area contributed by atoms with Gasteiger partial charge >= 0.3 is 5.97 Å². The highest BCUT2D eigenvalue weighted by atomic mass is 35.5. The lowest BCUT2D eigenvalue weighted by atomic mass is 10.0. The summed E-state index contributed by atoms with van der Waals surface area (Å²) in [6.07, 6.45) is 2.70. The van der Waals surface area contributed by atoms with E-state index in [1.807, 2.05) is 55.5 Å². The Morgan fingerprint density at radius 3 is 2.88 bits per heavy atom. The Kier molecular flexibility index (Phi) is 6.77. The fourth-order valence-electron chi connectivity index (χ4n) is 3.97. The topological polar surface area (TPSA) is 67.6 Å². The van der Waals surface area contributed by atoms with Gasteiger partial charge in [-0.2, -0.15) is 0 Å². The molecule has 6 nitrogen and oxygen atoms in total. The minimum Gasteiger partial charge on any atom is -0.469 e. The number of ether oxygens (including phenoxy) is 1. The van der Waals surface area contributed by atoms with Gasteiger partial charge in [0.2, 0.25) is 0 Å². The summed E-state index contributed by atoms with van der Waals surface area (Å²) in [4.78, 5) is 18.2. The second-order valence-corrected chi connectivity index (χ2v) is 8.48. The van der Waals surface area contributed by atoms with E-state index in [2.05, 4.69) is 15.2 Å². The summed E-state index contributed by atoms with van der Waals surface area (Å²) in [5.41, 5.74) is 2.89. The average molecular weight is 470 g/mol. The van der Waals surface area contributed by atoms with Crippen LogP contribution >= 0.6 is 23.8 Å². The van der Waals surface area contributed by atoms with E-state index >= 15 is 0 Å². The minimum atomic E-state index is -0.238. The predicted molar refractivity (Wildman–Crippen MR) is 127 cm³/mol. The molecule has 3 heterocycles. The van der Waals surface area contributed by atoms with Gasteiger partial charge < -0.3 is 19.4 Å². The van der Waals surface area contributed by atoms with Crippen LogP contribution in [0.15, 0.2) is 59.1 Å². The molecule has 0 saturated carbocycles. The summed E-state index contributed by atoms with van der Waals surface area (Å²) in [5, 5.41) is 4.65. The lowest BCUT2D eigenvalue weighted by Crippen LogP contribution is -2.30. The number of hydrogen-bond acceptors (Lipinski definition) is 5. The van der Waals surface area contributed by atoms with Gasteiger partial charge in [-0.15, -0.1) is 0 Å². The molecule has 32 heavy (non-hydrogen) atoms. The number of aromatic nitrogens is 1. The number of halogens is 1. The SMILES string of the molecule is COC(=O)CCCN1C(=S)N[C@@H](c2ccccn2)[C@H]1c1ccc(-c2cc(Cl)ccc2C)o1. The summed E-state index contributed by atoms with van der Waals surface area (Å²) in [6.45, 7) is 2.61. The number of carbonyl (C=O) groups excluding carboxylic acids is 1. The van der Waals surface area contributed by atoms with E-state index in [1.165, 1.54) is 7.11 Å². The van der Waals surface area contributed by atoms with Crippen LogP contribution in [-0.2, 0) is 9.53 Å². The van der Waals surface area contributed by atoms with Crippen LogP contribution in [0.3, 0.4) is 0 Å². The molecule has 0 radical (unpaired) electrons. The number of furan rings is 1. The number of carbonyl (C=O) groups is 1. The molecule has 166 valence electrons. The first-order valence-corrected chi connectivity index (χ1v) is 11.2. The molecular weight excluding hydrogens is 446 g/mol. The maximum Gasteiger partial charge on any atom is 0.305 e. The van der Waals surface area contributed by atoms with Crippen LogP contribution in [-0.4, -0.2) is 34.6 Å². The van der Waals surface area contributed by atoms with Crippen molar-refractivity contribution in [3.8, 4) is 11.3 Å². The zero-order valence-electron chi connectivity index (χ0n) is 17.9. The van der Waals surface area contributed by atoms with Crippen molar-refractivity contribution < 1.29 is 13.9 Å². The summed E-state index contributed by atoms with van der Waals surface area (Å²) >= 11 is 11.9. The zero-order valence-corrected chi connectivity index (χ0v) is 19.4. The molecule has 1 aliphatic heterocycles. The van der Waals surface area contributed by atoms with Crippen LogP contribution in [0.1, 0.15) is 41.9 Å². The number of methoxy groups -OCH3 is 1. The van der Waals surface area contributed by atoms with Gasteiger partial charge in [0.15, 0.2) is 5.11 Å². The lowest BCUT2D eigenvalue weighted by Gasteiger charge is -2.26. The Hall–Kier alpha value is -2.90. The quantitative estimate of drug-likeness (QED) is 0.375. The van der Waals surface area contributed by atoms with Crippen molar-refractivity contribution in [2.75, 3.05) is 13.7 Å². The first-order chi connectivity index (χ1) is 15.5. The Balaban J connectivity index is 1.67. The van der Waals surface area contributed by atoms with E-state index in [1.54, 1.807) is 6.20 Å². The van der Waals surface area contributed by atoms with Gasteiger partial charge in [-0.3, -0.25) is 9.78 Å². The fourth-order valence-corrected chi connectivity index (χ4v) is 4.47. The largest absolute Gasteiger partial charge is 0.469 e. The van der Waals surface area contributed by atoms with Crippen LogP contribution in [0, 0.1) is 6.92 Å². The van der Waals surface area contributed by atoms with Crippen molar-refractivity contribution in [2.24, 2.45) is 0 Å². The highest BCUT2D eigenvalue weighted by Gasteiger charge is 2.41. The molecule has 4 rings (SSSR count). The molecule has 1 aromatic carbocycles. The third kappa shape index (κ3) is 4.64. The molecular formula is C24H24ClN3O3S. The number of nitrogens with one attached hydrogen (secondary N) is 1. The molecule has 0 aliphatic carbocycles. The van der Waals surface area contributed by atoms with E-state index in [4.69, 9.17) is 33.0 Å². The third-order valence-corrected chi connectivity index (χ3v) is 6.18. The molecule has 3 aromatic rings.